The SMILES string of the molecule is CCCCCCC(C)(C)C1=CC(=O)C2=C(OC(C)(C)c3cn(C)nc32)C1=O. The molecule has 3 rings (SSSR count). The molecule has 0 fully saturated rings. The van der Waals surface area contributed by atoms with E-state index in [2.05, 4.69) is 12.0 Å². The van der Waals surface area contributed by atoms with Gasteiger partial charge in [0.2, 0.25) is 5.78 Å². The predicted molar refractivity (Wildman–Crippen MR) is 105 cm³/mol. The monoisotopic (exact) mass is 370 g/mol. The standard InChI is InChI=1S/C22H30N2O3/c1-7-8-9-10-11-21(2,3)14-12-16(25)17-18-15(13-24(6)23-18)22(4,5)27-20(17)19(14)26/h12-13H,7-11H2,1-6H3. The molecule has 1 aliphatic heterocycles. The van der Waals surface area contributed by atoms with Crippen LogP contribution in [0.15, 0.2) is 23.6 Å². The molecule has 5 nitrogen and oxygen atoms in total. The zero-order valence-corrected chi connectivity index (χ0v) is 17.3. The highest BCUT2D eigenvalue weighted by molar-refractivity contribution is 6.37. The van der Waals surface area contributed by atoms with Crippen molar-refractivity contribution in [2.24, 2.45) is 12.5 Å². The topological polar surface area (TPSA) is 61.2 Å². The summed E-state index contributed by atoms with van der Waals surface area (Å²) in [5, 5.41) is 4.45. The van der Waals surface area contributed by atoms with E-state index < -0.39 is 5.60 Å². The Labute approximate surface area is 161 Å². The number of carbonyl (C=O) groups excluding carboxylic acids is 2. The summed E-state index contributed by atoms with van der Waals surface area (Å²) in [6.07, 6.45) is 8.79. The van der Waals surface area contributed by atoms with Crippen molar-refractivity contribution >= 4 is 17.1 Å². The minimum absolute atomic E-state index is 0.162. The van der Waals surface area contributed by atoms with E-state index in [1.807, 2.05) is 40.9 Å². The number of nitrogens with zero attached hydrogens (tertiary/aromatic N) is 2. The van der Waals surface area contributed by atoms with Crippen LogP contribution in [0.4, 0.5) is 0 Å². The highest BCUT2D eigenvalue weighted by atomic mass is 16.5. The van der Waals surface area contributed by atoms with E-state index in [0.29, 0.717) is 16.8 Å². The van der Waals surface area contributed by atoms with Crippen LogP contribution in [0, 0.1) is 5.41 Å². The van der Waals surface area contributed by atoms with Gasteiger partial charge in [0.25, 0.3) is 0 Å². The van der Waals surface area contributed by atoms with E-state index in [4.69, 9.17) is 4.74 Å². The van der Waals surface area contributed by atoms with Crippen LogP contribution in [0.3, 0.4) is 0 Å². The van der Waals surface area contributed by atoms with Crippen molar-refractivity contribution in [3.05, 3.63) is 34.9 Å². The summed E-state index contributed by atoms with van der Waals surface area (Å²) in [7, 11) is 1.81. The van der Waals surface area contributed by atoms with Gasteiger partial charge < -0.3 is 4.74 Å². The van der Waals surface area contributed by atoms with Gasteiger partial charge in [-0.05, 0) is 31.8 Å². The summed E-state index contributed by atoms with van der Waals surface area (Å²) in [6.45, 7) is 10.1. The number of aromatic nitrogens is 2. The van der Waals surface area contributed by atoms with Crippen molar-refractivity contribution in [1.29, 1.82) is 0 Å². The largest absolute Gasteiger partial charge is 0.478 e. The molecule has 0 atom stereocenters. The van der Waals surface area contributed by atoms with Crippen LogP contribution < -0.4 is 0 Å². The highest BCUT2D eigenvalue weighted by Gasteiger charge is 2.46. The van der Waals surface area contributed by atoms with Gasteiger partial charge in [0, 0.05) is 24.4 Å². The predicted octanol–water partition coefficient (Wildman–Crippen LogP) is 4.47. The molecule has 2 heterocycles. The molecule has 0 N–H and O–H groups in total. The number of aryl methyl sites for hydroxylation is 1. The van der Waals surface area contributed by atoms with Gasteiger partial charge in [0.15, 0.2) is 11.5 Å². The average molecular weight is 370 g/mol. The fraction of sp³-hybridized carbons (Fsp3) is 0.591. The maximum atomic E-state index is 13.3. The summed E-state index contributed by atoms with van der Waals surface area (Å²) in [6, 6.07) is 0. The smallest absolute Gasteiger partial charge is 0.225 e. The lowest BCUT2D eigenvalue weighted by atomic mass is 9.73. The van der Waals surface area contributed by atoms with Crippen molar-refractivity contribution in [2.45, 2.75) is 72.3 Å². The molecule has 1 aromatic heterocycles. The van der Waals surface area contributed by atoms with E-state index in [-0.39, 0.29) is 22.7 Å². The Morgan fingerprint density at radius 1 is 1.19 bits per heavy atom. The van der Waals surface area contributed by atoms with Crippen LogP contribution in [0.5, 0.6) is 0 Å². The molecule has 0 radical (unpaired) electrons. The van der Waals surface area contributed by atoms with Gasteiger partial charge in [-0.3, -0.25) is 14.3 Å². The van der Waals surface area contributed by atoms with Crippen LogP contribution in [-0.4, -0.2) is 21.3 Å². The van der Waals surface area contributed by atoms with Gasteiger partial charge in [-0.15, -0.1) is 0 Å². The quantitative estimate of drug-likeness (QED) is 0.547. The van der Waals surface area contributed by atoms with Crippen molar-refractivity contribution in [3.63, 3.8) is 0 Å². The third kappa shape index (κ3) is 3.40. The third-order valence-electron chi connectivity index (χ3n) is 5.66. The van der Waals surface area contributed by atoms with Crippen LogP contribution in [-0.2, 0) is 27.0 Å². The zero-order chi connectivity index (χ0) is 20.0. The summed E-state index contributed by atoms with van der Waals surface area (Å²) >= 11 is 0. The van der Waals surface area contributed by atoms with Crippen LogP contribution >= 0.6 is 0 Å². The van der Waals surface area contributed by atoms with Gasteiger partial charge >= 0.3 is 0 Å². The van der Waals surface area contributed by atoms with E-state index >= 15 is 0 Å². The molecule has 146 valence electrons. The van der Waals surface area contributed by atoms with Crippen molar-refractivity contribution in [1.82, 2.24) is 9.78 Å². The Morgan fingerprint density at radius 2 is 1.89 bits per heavy atom. The Kier molecular flexibility index (Phi) is 4.91. The van der Waals surface area contributed by atoms with Crippen molar-refractivity contribution < 1.29 is 14.3 Å². The molecular formula is C22H30N2O3. The number of hydrogen-bond acceptors (Lipinski definition) is 4. The number of Topliss-reactive ketones (excluding diaryl/α,β-unsaturated/α-hetero) is 1. The number of allylic oxidation sites excluding steroid dienone is 3. The minimum Gasteiger partial charge on any atom is -0.478 e. The Hall–Kier alpha value is -2.17. The Balaban J connectivity index is 1.96. The number of ether oxygens (including phenoxy) is 1. The van der Waals surface area contributed by atoms with Gasteiger partial charge in [0.05, 0.1) is 5.57 Å². The molecule has 0 bridgehead atoms. The molecule has 0 aromatic carbocycles. The first-order valence-electron chi connectivity index (χ1n) is 9.87. The number of rotatable bonds is 6. The number of fused-ring (bicyclic) bond motifs is 2. The summed E-state index contributed by atoms with van der Waals surface area (Å²) in [4.78, 5) is 26.3. The van der Waals surface area contributed by atoms with E-state index in [9.17, 15) is 9.59 Å². The second-order valence-electron chi connectivity index (χ2n) is 8.83. The number of hydrogen-bond donors (Lipinski definition) is 0. The average Bonchev–Trinajstić information content (AvgIpc) is 2.97. The lowest BCUT2D eigenvalue weighted by Crippen LogP contribution is -2.36. The first kappa shape index (κ1) is 19.6. The van der Waals surface area contributed by atoms with Gasteiger partial charge in [-0.1, -0.05) is 46.5 Å². The van der Waals surface area contributed by atoms with E-state index in [0.717, 1.165) is 24.8 Å². The number of unbranched alkanes of at least 4 members (excludes halogenated alkanes) is 3. The van der Waals surface area contributed by atoms with Crippen LogP contribution in [0.2, 0.25) is 0 Å². The third-order valence-corrected chi connectivity index (χ3v) is 5.66. The molecule has 0 unspecified atom stereocenters. The normalized spacial score (nSPS) is 18.8. The molecule has 0 spiro atoms. The molecule has 1 aliphatic carbocycles. The Bertz CT molecular complexity index is 853. The second kappa shape index (κ2) is 6.77. The molecule has 27 heavy (non-hydrogen) atoms. The molecule has 1 aromatic rings. The van der Waals surface area contributed by atoms with Gasteiger partial charge in [-0.25, -0.2) is 0 Å². The van der Waals surface area contributed by atoms with E-state index in [1.165, 1.54) is 18.9 Å². The molecule has 0 saturated heterocycles. The Morgan fingerprint density at radius 3 is 2.56 bits per heavy atom. The second-order valence-corrected chi connectivity index (χ2v) is 8.83. The zero-order valence-electron chi connectivity index (χ0n) is 17.3. The minimum atomic E-state index is -0.702. The highest BCUT2D eigenvalue weighted by Crippen LogP contribution is 2.46. The lowest BCUT2D eigenvalue weighted by Gasteiger charge is -2.36. The van der Waals surface area contributed by atoms with Crippen LogP contribution in [0.1, 0.15) is 78.0 Å². The maximum absolute atomic E-state index is 13.3. The fourth-order valence-electron chi connectivity index (χ4n) is 3.99. The molecular weight excluding hydrogens is 340 g/mol. The molecule has 5 heteroatoms. The van der Waals surface area contributed by atoms with Crippen molar-refractivity contribution in [3.8, 4) is 0 Å². The van der Waals surface area contributed by atoms with Gasteiger partial charge in [-0.2, -0.15) is 5.10 Å². The first-order chi connectivity index (χ1) is 12.6. The van der Waals surface area contributed by atoms with Crippen LogP contribution in [0.25, 0.3) is 5.57 Å². The first-order valence-corrected chi connectivity index (χ1v) is 9.87. The van der Waals surface area contributed by atoms with Crippen molar-refractivity contribution in [2.75, 3.05) is 0 Å². The lowest BCUT2D eigenvalue weighted by molar-refractivity contribution is -0.121. The number of ketones is 2. The van der Waals surface area contributed by atoms with Gasteiger partial charge in [0.1, 0.15) is 11.3 Å². The molecule has 2 aliphatic rings. The fourth-order valence-corrected chi connectivity index (χ4v) is 3.99. The van der Waals surface area contributed by atoms with E-state index in [1.54, 1.807) is 4.68 Å². The summed E-state index contributed by atoms with van der Waals surface area (Å²) in [5.41, 5.74) is 1.19. The maximum Gasteiger partial charge on any atom is 0.225 e. The summed E-state index contributed by atoms with van der Waals surface area (Å²) in [5.74, 6) is -0.193. The summed E-state index contributed by atoms with van der Waals surface area (Å²) < 4.78 is 7.75. The number of carbonyl (C=O) groups is 2. The molecule has 0 amide bonds. The molecule has 0 saturated carbocycles.